The molecule has 1 rings (SSSR count). The van der Waals surface area contributed by atoms with Gasteiger partial charge in [-0.25, -0.2) is 9.37 Å². The molecule has 0 spiro atoms. The van der Waals surface area contributed by atoms with Gasteiger partial charge in [-0.1, -0.05) is 13.8 Å². The molecule has 1 amide bonds. The van der Waals surface area contributed by atoms with E-state index in [0.29, 0.717) is 0 Å². The van der Waals surface area contributed by atoms with Crippen molar-refractivity contribution in [1.82, 2.24) is 10.3 Å². The standard InChI is InChI=1S/C7H7FN2O.C2H6/c1-9-7(11)6-3-2-5(8)4-10-6;1-2/h2-4H,1H3,(H,9,11);1-2H3. The highest BCUT2D eigenvalue weighted by Gasteiger charge is 2.02. The van der Waals surface area contributed by atoms with E-state index in [4.69, 9.17) is 0 Å². The number of pyridine rings is 1. The zero-order valence-electron chi connectivity index (χ0n) is 7.97. The fourth-order valence-corrected chi connectivity index (χ4v) is 0.638. The first-order valence-electron chi connectivity index (χ1n) is 4.07. The second kappa shape index (κ2) is 6.11. The first-order valence-corrected chi connectivity index (χ1v) is 4.07. The van der Waals surface area contributed by atoms with Crippen molar-refractivity contribution >= 4 is 5.91 Å². The summed E-state index contributed by atoms with van der Waals surface area (Å²) in [5, 5.41) is 2.38. The fourth-order valence-electron chi connectivity index (χ4n) is 0.638. The number of halogens is 1. The first-order chi connectivity index (χ1) is 6.24. The molecule has 13 heavy (non-hydrogen) atoms. The molecule has 0 saturated carbocycles. The van der Waals surface area contributed by atoms with Crippen LogP contribution in [-0.4, -0.2) is 17.9 Å². The van der Waals surface area contributed by atoms with Gasteiger partial charge in [0.25, 0.3) is 5.91 Å². The molecule has 0 aliphatic heterocycles. The van der Waals surface area contributed by atoms with Gasteiger partial charge in [-0.05, 0) is 12.1 Å². The van der Waals surface area contributed by atoms with E-state index in [9.17, 15) is 9.18 Å². The predicted molar refractivity (Wildman–Crippen MR) is 48.9 cm³/mol. The molecule has 1 aromatic rings. The number of nitrogens with one attached hydrogen (secondary N) is 1. The SMILES string of the molecule is CC.CNC(=O)c1ccc(F)cn1. The van der Waals surface area contributed by atoms with E-state index in [1.165, 1.54) is 19.2 Å². The lowest BCUT2D eigenvalue weighted by Gasteiger charge is -1.96. The highest BCUT2D eigenvalue weighted by molar-refractivity contribution is 5.91. The van der Waals surface area contributed by atoms with Crippen LogP contribution in [0.2, 0.25) is 0 Å². The van der Waals surface area contributed by atoms with Crippen LogP contribution in [0.5, 0.6) is 0 Å². The van der Waals surface area contributed by atoms with E-state index in [1.807, 2.05) is 13.8 Å². The lowest BCUT2D eigenvalue weighted by molar-refractivity contribution is 0.0958. The van der Waals surface area contributed by atoms with Crippen LogP contribution >= 0.6 is 0 Å². The average Bonchev–Trinajstić information content (AvgIpc) is 2.21. The predicted octanol–water partition coefficient (Wildman–Crippen LogP) is 1.61. The largest absolute Gasteiger partial charge is 0.354 e. The summed E-state index contributed by atoms with van der Waals surface area (Å²) in [4.78, 5) is 14.4. The third-order valence-electron chi connectivity index (χ3n) is 1.19. The number of amides is 1. The number of carbonyl (C=O) groups excluding carboxylic acids is 1. The molecule has 0 fully saturated rings. The Bertz CT molecular complexity index is 259. The summed E-state index contributed by atoms with van der Waals surface area (Å²) in [5.74, 6) is -0.761. The fraction of sp³-hybridized carbons (Fsp3) is 0.333. The van der Waals surface area contributed by atoms with E-state index in [1.54, 1.807) is 0 Å². The number of carbonyl (C=O) groups is 1. The van der Waals surface area contributed by atoms with Crippen molar-refractivity contribution in [2.75, 3.05) is 7.05 Å². The smallest absolute Gasteiger partial charge is 0.269 e. The minimum Gasteiger partial charge on any atom is -0.354 e. The summed E-state index contributed by atoms with van der Waals surface area (Å²) < 4.78 is 12.3. The van der Waals surface area contributed by atoms with Crippen LogP contribution in [0.1, 0.15) is 24.3 Å². The number of hydrogen-bond donors (Lipinski definition) is 1. The Morgan fingerprint density at radius 3 is 2.46 bits per heavy atom. The second-order valence-electron chi connectivity index (χ2n) is 1.94. The average molecular weight is 184 g/mol. The molecule has 0 aliphatic rings. The Kier molecular flexibility index (Phi) is 5.43. The van der Waals surface area contributed by atoms with Crippen LogP contribution in [-0.2, 0) is 0 Å². The minimum atomic E-state index is -0.447. The van der Waals surface area contributed by atoms with Gasteiger partial charge in [0.2, 0.25) is 0 Å². The maximum atomic E-state index is 12.3. The molecular formula is C9H13FN2O. The minimum absolute atomic E-state index is 0.217. The number of hydrogen-bond acceptors (Lipinski definition) is 2. The van der Waals surface area contributed by atoms with Crippen molar-refractivity contribution in [3.05, 3.63) is 29.8 Å². The van der Waals surface area contributed by atoms with Crippen LogP contribution in [0, 0.1) is 5.82 Å². The third-order valence-corrected chi connectivity index (χ3v) is 1.19. The van der Waals surface area contributed by atoms with Crippen molar-refractivity contribution in [1.29, 1.82) is 0 Å². The first kappa shape index (κ1) is 11.6. The molecule has 0 unspecified atom stereocenters. The summed E-state index contributed by atoms with van der Waals surface area (Å²) in [6, 6.07) is 2.52. The zero-order chi connectivity index (χ0) is 10.3. The van der Waals surface area contributed by atoms with Crippen molar-refractivity contribution in [2.24, 2.45) is 0 Å². The molecule has 0 aliphatic carbocycles. The summed E-state index contributed by atoms with van der Waals surface area (Å²) >= 11 is 0. The Morgan fingerprint density at radius 2 is 2.08 bits per heavy atom. The van der Waals surface area contributed by atoms with Crippen LogP contribution in [0.15, 0.2) is 18.3 Å². The molecule has 1 heterocycles. The lowest BCUT2D eigenvalue weighted by Crippen LogP contribution is -2.18. The van der Waals surface area contributed by atoms with Gasteiger partial charge in [-0.3, -0.25) is 4.79 Å². The normalized spacial score (nSPS) is 8.31. The van der Waals surface area contributed by atoms with Crippen molar-refractivity contribution < 1.29 is 9.18 Å². The van der Waals surface area contributed by atoms with E-state index in [-0.39, 0.29) is 11.6 Å². The monoisotopic (exact) mass is 184 g/mol. The van der Waals surface area contributed by atoms with Gasteiger partial charge in [0, 0.05) is 7.05 Å². The number of rotatable bonds is 1. The van der Waals surface area contributed by atoms with E-state index in [2.05, 4.69) is 10.3 Å². The summed E-state index contributed by atoms with van der Waals surface area (Å²) in [7, 11) is 1.49. The molecule has 0 atom stereocenters. The summed E-state index contributed by atoms with van der Waals surface area (Å²) in [5.41, 5.74) is 0.217. The Morgan fingerprint density at radius 1 is 1.46 bits per heavy atom. The van der Waals surface area contributed by atoms with Gasteiger partial charge in [0.1, 0.15) is 11.5 Å². The quantitative estimate of drug-likeness (QED) is 0.720. The zero-order valence-corrected chi connectivity index (χ0v) is 7.97. The van der Waals surface area contributed by atoms with E-state index >= 15 is 0 Å². The molecule has 1 N–H and O–H groups in total. The Balaban J connectivity index is 0.000000671. The van der Waals surface area contributed by atoms with Crippen LogP contribution < -0.4 is 5.32 Å². The van der Waals surface area contributed by atoms with Gasteiger partial charge in [-0.15, -0.1) is 0 Å². The van der Waals surface area contributed by atoms with Gasteiger partial charge >= 0.3 is 0 Å². The molecule has 72 valence electrons. The topological polar surface area (TPSA) is 42.0 Å². The van der Waals surface area contributed by atoms with Crippen molar-refractivity contribution in [3.8, 4) is 0 Å². The van der Waals surface area contributed by atoms with Gasteiger partial charge in [0.15, 0.2) is 0 Å². The van der Waals surface area contributed by atoms with Crippen LogP contribution in [0.4, 0.5) is 4.39 Å². The molecular weight excluding hydrogens is 171 g/mol. The van der Waals surface area contributed by atoms with Gasteiger partial charge < -0.3 is 5.32 Å². The Hall–Kier alpha value is -1.45. The third kappa shape index (κ3) is 3.64. The highest BCUT2D eigenvalue weighted by Crippen LogP contribution is 1.96. The van der Waals surface area contributed by atoms with Crippen molar-refractivity contribution in [3.63, 3.8) is 0 Å². The van der Waals surface area contributed by atoms with Crippen LogP contribution in [0.25, 0.3) is 0 Å². The molecule has 0 saturated heterocycles. The maximum Gasteiger partial charge on any atom is 0.269 e. The molecule has 0 bridgehead atoms. The number of aromatic nitrogens is 1. The lowest BCUT2D eigenvalue weighted by atomic mass is 10.3. The Labute approximate surface area is 77.0 Å². The molecule has 4 heteroatoms. The second-order valence-corrected chi connectivity index (χ2v) is 1.94. The molecule has 0 aromatic carbocycles. The van der Waals surface area contributed by atoms with Gasteiger partial charge in [-0.2, -0.15) is 0 Å². The molecule has 3 nitrogen and oxygen atoms in total. The molecule has 0 radical (unpaired) electrons. The van der Waals surface area contributed by atoms with Crippen molar-refractivity contribution in [2.45, 2.75) is 13.8 Å². The van der Waals surface area contributed by atoms with Crippen LogP contribution in [0.3, 0.4) is 0 Å². The molecule has 1 aromatic heterocycles. The summed E-state index contributed by atoms with van der Waals surface area (Å²) in [6.07, 6.45) is 1.00. The maximum absolute atomic E-state index is 12.3. The van der Waals surface area contributed by atoms with Gasteiger partial charge in [0.05, 0.1) is 6.20 Å². The number of nitrogens with zero attached hydrogens (tertiary/aromatic N) is 1. The van der Waals surface area contributed by atoms with E-state index < -0.39 is 5.82 Å². The highest BCUT2D eigenvalue weighted by atomic mass is 19.1. The summed E-state index contributed by atoms with van der Waals surface area (Å²) in [6.45, 7) is 4.00. The van der Waals surface area contributed by atoms with E-state index in [0.717, 1.165) is 6.20 Å².